The topological polar surface area (TPSA) is 30.7 Å². The Hall–Kier alpha value is -2.35. The van der Waals surface area contributed by atoms with Gasteiger partial charge in [0, 0.05) is 10.5 Å². The van der Waals surface area contributed by atoms with E-state index in [2.05, 4.69) is 10.3 Å². The van der Waals surface area contributed by atoms with Crippen LogP contribution in [0.4, 0.5) is 17.6 Å². The second-order valence-electron chi connectivity index (χ2n) is 5.88. The minimum Gasteiger partial charge on any atom is -0.246 e. The van der Waals surface area contributed by atoms with Gasteiger partial charge in [-0.1, -0.05) is 30.3 Å². The predicted octanol–water partition coefficient (Wildman–Crippen LogP) is 5.84. The van der Waals surface area contributed by atoms with Gasteiger partial charge >= 0.3 is 6.18 Å². The van der Waals surface area contributed by atoms with Gasteiger partial charge in [-0.3, -0.25) is 0 Å². The number of thioether (sulfide) groups is 1. The van der Waals surface area contributed by atoms with E-state index >= 15 is 0 Å². The van der Waals surface area contributed by atoms with Crippen LogP contribution in [0.25, 0.3) is 16.9 Å². The summed E-state index contributed by atoms with van der Waals surface area (Å²) in [5, 5.41) is 8.32. The summed E-state index contributed by atoms with van der Waals surface area (Å²) in [5.41, 5.74) is 2.39. The van der Waals surface area contributed by atoms with Crippen LogP contribution in [0.15, 0.2) is 47.4 Å². The lowest BCUT2D eigenvalue weighted by molar-refractivity contribution is -0.137. The van der Waals surface area contributed by atoms with Crippen LogP contribution >= 0.6 is 11.8 Å². The minimum atomic E-state index is -4.38. The van der Waals surface area contributed by atoms with E-state index in [1.165, 1.54) is 12.1 Å². The molecule has 27 heavy (non-hydrogen) atoms. The quantitative estimate of drug-likeness (QED) is 0.401. The van der Waals surface area contributed by atoms with Crippen LogP contribution in [0.5, 0.6) is 0 Å². The number of benzene rings is 2. The van der Waals surface area contributed by atoms with Crippen LogP contribution in [0.3, 0.4) is 0 Å². The van der Waals surface area contributed by atoms with Crippen molar-refractivity contribution >= 4 is 11.8 Å². The van der Waals surface area contributed by atoms with Crippen molar-refractivity contribution in [2.75, 3.05) is 5.75 Å². The van der Waals surface area contributed by atoms with E-state index in [-0.39, 0.29) is 0 Å². The Kier molecular flexibility index (Phi) is 5.55. The first kappa shape index (κ1) is 19.4. The number of aromatic nitrogens is 3. The molecule has 0 spiro atoms. The fraction of sp³-hybridized carbons (Fsp3) is 0.263. The second-order valence-corrected chi connectivity index (χ2v) is 7.18. The minimum absolute atomic E-state index is 0.505. The Balaban J connectivity index is 2.01. The molecule has 0 saturated carbocycles. The van der Waals surface area contributed by atoms with Crippen LogP contribution in [-0.4, -0.2) is 20.7 Å². The molecule has 0 aliphatic heterocycles. The molecule has 142 valence electrons. The van der Waals surface area contributed by atoms with Crippen molar-refractivity contribution in [1.82, 2.24) is 15.0 Å². The normalized spacial score (nSPS) is 11.8. The van der Waals surface area contributed by atoms with Crippen molar-refractivity contribution < 1.29 is 17.6 Å². The molecule has 1 heterocycles. The van der Waals surface area contributed by atoms with Gasteiger partial charge in [-0.25, -0.2) is 9.07 Å². The van der Waals surface area contributed by atoms with Crippen molar-refractivity contribution in [3.05, 3.63) is 59.3 Å². The van der Waals surface area contributed by atoms with Gasteiger partial charge < -0.3 is 0 Å². The first-order valence-electron chi connectivity index (χ1n) is 8.27. The summed E-state index contributed by atoms with van der Waals surface area (Å²) in [6.07, 6.45) is -4.38. The van der Waals surface area contributed by atoms with Gasteiger partial charge in [-0.15, -0.1) is 16.9 Å². The standard InChI is InChI=1S/C19H17F4N3S/c1-3-27-17-10-13(11-20)4-9-16(17)26-12(2)18(24-25-26)14-5-7-15(8-6-14)19(21,22)23/h4-10H,3,11H2,1-2H3. The lowest BCUT2D eigenvalue weighted by atomic mass is 10.1. The second kappa shape index (κ2) is 7.72. The lowest BCUT2D eigenvalue weighted by Gasteiger charge is -2.11. The first-order valence-corrected chi connectivity index (χ1v) is 9.25. The molecule has 0 fully saturated rings. The molecule has 2 aromatic carbocycles. The molecule has 0 atom stereocenters. The van der Waals surface area contributed by atoms with Gasteiger partial charge in [-0.05, 0) is 42.5 Å². The molecule has 0 amide bonds. The van der Waals surface area contributed by atoms with Crippen molar-refractivity contribution in [3.63, 3.8) is 0 Å². The van der Waals surface area contributed by atoms with Crippen molar-refractivity contribution in [2.24, 2.45) is 0 Å². The van der Waals surface area contributed by atoms with E-state index < -0.39 is 18.4 Å². The van der Waals surface area contributed by atoms with Crippen molar-refractivity contribution in [3.8, 4) is 16.9 Å². The summed E-state index contributed by atoms with van der Waals surface area (Å²) in [5.74, 6) is 0.808. The fourth-order valence-electron chi connectivity index (χ4n) is 2.73. The van der Waals surface area contributed by atoms with Gasteiger partial charge in [-0.2, -0.15) is 13.2 Å². The zero-order valence-electron chi connectivity index (χ0n) is 14.7. The largest absolute Gasteiger partial charge is 0.416 e. The molecular formula is C19H17F4N3S. The number of halogens is 4. The Labute approximate surface area is 158 Å². The average Bonchev–Trinajstić information content (AvgIpc) is 3.02. The molecule has 0 aliphatic rings. The third-order valence-electron chi connectivity index (χ3n) is 4.09. The van der Waals surface area contributed by atoms with Gasteiger partial charge in [0.15, 0.2) is 0 Å². The molecule has 0 aliphatic carbocycles. The Bertz CT molecular complexity index is 933. The lowest BCUT2D eigenvalue weighted by Crippen LogP contribution is -2.04. The summed E-state index contributed by atoms with van der Waals surface area (Å²) in [6.45, 7) is 3.25. The number of hydrogen-bond acceptors (Lipinski definition) is 3. The molecule has 3 aromatic rings. The van der Waals surface area contributed by atoms with Crippen LogP contribution < -0.4 is 0 Å². The maximum absolute atomic E-state index is 13.0. The van der Waals surface area contributed by atoms with Gasteiger partial charge in [0.25, 0.3) is 0 Å². The molecule has 0 bridgehead atoms. The fourth-order valence-corrected chi connectivity index (χ4v) is 3.58. The SMILES string of the molecule is CCSc1cc(CF)ccc1-n1nnc(-c2ccc(C(F)(F)F)cc2)c1C. The molecule has 3 rings (SSSR count). The van der Waals surface area contributed by atoms with Gasteiger partial charge in [0.1, 0.15) is 12.4 Å². The molecular weight excluding hydrogens is 378 g/mol. The molecule has 0 radical (unpaired) electrons. The molecule has 0 saturated heterocycles. The highest BCUT2D eigenvalue weighted by Gasteiger charge is 2.30. The molecule has 3 nitrogen and oxygen atoms in total. The molecule has 0 N–H and O–H groups in total. The van der Waals surface area contributed by atoms with Crippen molar-refractivity contribution in [2.45, 2.75) is 31.6 Å². The van der Waals surface area contributed by atoms with Crippen LogP contribution in [-0.2, 0) is 12.9 Å². The average molecular weight is 395 g/mol. The summed E-state index contributed by atoms with van der Waals surface area (Å²) < 4.78 is 52.8. The number of alkyl halides is 4. The predicted molar refractivity (Wildman–Crippen MR) is 97.7 cm³/mol. The summed E-state index contributed by atoms with van der Waals surface area (Å²) >= 11 is 1.56. The molecule has 8 heteroatoms. The highest BCUT2D eigenvalue weighted by atomic mass is 32.2. The van der Waals surface area contributed by atoms with E-state index in [1.54, 1.807) is 41.6 Å². The summed E-state index contributed by atoms with van der Waals surface area (Å²) in [7, 11) is 0. The third-order valence-corrected chi connectivity index (χ3v) is 5.01. The van der Waals surface area contributed by atoms with Crippen LogP contribution in [0.1, 0.15) is 23.7 Å². The van der Waals surface area contributed by atoms with Crippen LogP contribution in [0, 0.1) is 6.92 Å². The van der Waals surface area contributed by atoms with E-state index in [9.17, 15) is 17.6 Å². The Morgan fingerprint density at radius 2 is 1.78 bits per heavy atom. The Morgan fingerprint density at radius 3 is 2.37 bits per heavy atom. The summed E-state index contributed by atoms with van der Waals surface area (Å²) in [6, 6.07) is 10.1. The molecule has 1 aromatic heterocycles. The van der Waals surface area contributed by atoms with E-state index in [0.717, 1.165) is 28.5 Å². The third kappa shape index (κ3) is 4.00. The van der Waals surface area contributed by atoms with Gasteiger partial charge in [0.2, 0.25) is 0 Å². The monoisotopic (exact) mass is 395 g/mol. The zero-order chi connectivity index (χ0) is 19.6. The van der Waals surface area contributed by atoms with Crippen molar-refractivity contribution in [1.29, 1.82) is 0 Å². The first-order chi connectivity index (χ1) is 12.8. The number of rotatable bonds is 5. The Morgan fingerprint density at radius 1 is 1.07 bits per heavy atom. The highest BCUT2D eigenvalue weighted by Crippen LogP contribution is 2.33. The van der Waals surface area contributed by atoms with E-state index in [0.29, 0.717) is 22.5 Å². The van der Waals surface area contributed by atoms with Gasteiger partial charge in [0.05, 0.1) is 16.9 Å². The van der Waals surface area contributed by atoms with Crippen LogP contribution in [0.2, 0.25) is 0 Å². The summed E-state index contributed by atoms with van der Waals surface area (Å²) in [4.78, 5) is 0.875. The van der Waals surface area contributed by atoms with E-state index in [1.807, 2.05) is 6.92 Å². The molecule has 0 unspecified atom stereocenters. The van der Waals surface area contributed by atoms with E-state index in [4.69, 9.17) is 0 Å². The zero-order valence-corrected chi connectivity index (χ0v) is 15.5. The maximum Gasteiger partial charge on any atom is 0.416 e. The maximum atomic E-state index is 13.0. The highest BCUT2D eigenvalue weighted by molar-refractivity contribution is 7.99. The number of nitrogens with zero attached hydrogens (tertiary/aromatic N) is 3. The number of hydrogen-bond donors (Lipinski definition) is 0. The smallest absolute Gasteiger partial charge is 0.246 e.